The van der Waals surface area contributed by atoms with Crippen molar-refractivity contribution >= 4 is 16.9 Å². The molecule has 90 valence electrons. The highest BCUT2D eigenvalue weighted by molar-refractivity contribution is 5.76. The highest BCUT2D eigenvalue weighted by atomic mass is 15.5. The summed E-state index contributed by atoms with van der Waals surface area (Å²) >= 11 is 0. The summed E-state index contributed by atoms with van der Waals surface area (Å²) in [5.41, 5.74) is 2.59. The first-order valence-corrected chi connectivity index (χ1v) is 5.52. The number of hydrogen-bond acceptors (Lipinski definition) is 6. The number of para-hydroxylation sites is 2. The first kappa shape index (κ1) is 10.6. The predicted octanol–water partition coefficient (Wildman–Crippen LogP) is 1.06. The first-order valence-electron chi connectivity index (χ1n) is 5.52. The normalized spacial score (nSPS) is 10.7. The van der Waals surface area contributed by atoms with Crippen molar-refractivity contribution in [1.29, 1.82) is 0 Å². The molecule has 0 saturated heterocycles. The molecule has 0 aliphatic heterocycles. The van der Waals surface area contributed by atoms with Crippen molar-refractivity contribution in [2.75, 3.05) is 5.32 Å². The number of aromatic nitrogens is 6. The zero-order chi connectivity index (χ0) is 12.4. The predicted molar refractivity (Wildman–Crippen MR) is 65.8 cm³/mol. The summed E-state index contributed by atoms with van der Waals surface area (Å²) in [5, 5.41) is 16.8. The van der Waals surface area contributed by atoms with Crippen molar-refractivity contribution in [2.24, 2.45) is 0 Å². The molecular weight excluding hydrogens is 230 g/mol. The molecule has 0 unspecified atom stereocenters. The fourth-order valence-electron chi connectivity index (χ4n) is 1.68. The average molecular weight is 241 g/mol. The number of benzene rings is 1. The van der Waals surface area contributed by atoms with Crippen molar-refractivity contribution < 1.29 is 0 Å². The number of hydrogen-bond donors (Lipinski definition) is 2. The van der Waals surface area contributed by atoms with Gasteiger partial charge in [-0.15, -0.1) is 10.2 Å². The van der Waals surface area contributed by atoms with Gasteiger partial charge in [0, 0.05) is 0 Å². The van der Waals surface area contributed by atoms with Crippen LogP contribution in [0.5, 0.6) is 0 Å². The van der Waals surface area contributed by atoms with E-state index >= 15 is 0 Å². The second-order valence-electron chi connectivity index (χ2n) is 3.83. The Bertz CT molecular complexity index is 662. The Hall–Kier alpha value is -2.57. The zero-order valence-electron chi connectivity index (χ0n) is 9.75. The minimum absolute atomic E-state index is 0.463. The van der Waals surface area contributed by atoms with Gasteiger partial charge in [-0.25, -0.2) is 9.97 Å². The van der Waals surface area contributed by atoms with Crippen LogP contribution in [0.25, 0.3) is 11.0 Å². The molecule has 7 nitrogen and oxygen atoms in total. The van der Waals surface area contributed by atoms with Gasteiger partial charge in [-0.1, -0.05) is 17.3 Å². The van der Waals surface area contributed by atoms with Crippen LogP contribution in [0, 0.1) is 6.92 Å². The molecule has 2 heterocycles. The SMILES string of the molecule is Cc1nc2ccccc2nc1NCc1nn[nH]n1. The molecule has 0 saturated carbocycles. The van der Waals surface area contributed by atoms with E-state index in [1.165, 1.54) is 0 Å². The Morgan fingerprint density at radius 1 is 1.17 bits per heavy atom. The Morgan fingerprint density at radius 3 is 2.67 bits per heavy atom. The lowest BCUT2D eigenvalue weighted by Gasteiger charge is -2.07. The van der Waals surface area contributed by atoms with Gasteiger partial charge in [-0.05, 0) is 19.1 Å². The van der Waals surface area contributed by atoms with E-state index in [9.17, 15) is 0 Å². The molecule has 0 aliphatic rings. The number of nitrogens with one attached hydrogen (secondary N) is 2. The molecule has 2 N–H and O–H groups in total. The van der Waals surface area contributed by atoms with Crippen molar-refractivity contribution in [3.05, 3.63) is 35.8 Å². The van der Waals surface area contributed by atoms with Crippen LogP contribution in [0.1, 0.15) is 11.5 Å². The monoisotopic (exact) mass is 241 g/mol. The maximum Gasteiger partial charge on any atom is 0.193 e. The van der Waals surface area contributed by atoms with Crippen LogP contribution < -0.4 is 5.32 Å². The lowest BCUT2D eigenvalue weighted by atomic mass is 10.3. The third-order valence-corrected chi connectivity index (χ3v) is 2.55. The summed E-state index contributed by atoms with van der Waals surface area (Å²) in [6.07, 6.45) is 0. The lowest BCUT2D eigenvalue weighted by molar-refractivity contribution is 0.881. The second-order valence-corrected chi connectivity index (χ2v) is 3.83. The fourth-order valence-corrected chi connectivity index (χ4v) is 1.68. The third-order valence-electron chi connectivity index (χ3n) is 2.55. The fraction of sp³-hybridized carbons (Fsp3) is 0.182. The van der Waals surface area contributed by atoms with E-state index in [0.717, 1.165) is 22.5 Å². The first-order chi connectivity index (χ1) is 8.83. The van der Waals surface area contributed by atoms with Crippen molar-refractivity contribution in [2.45, 2.75) is 13.5 Å². The molecule has 0 radical (unpaired) electrons. The Labute approximate surface area is 103 Å². The topological polar surface area (TPSA) is 92.3 Å². The number of rotatable bonds is 3. The molecule has 0 amide bonds. The Morgan fingerprint density at radius 2 is 1.94 bits per heavy atom. The quantitative estimate of drug-likeness (QED) is 0.712. The summed E-state index contributed by atoms with van der Waals surface area (Å²) in [6.45, 7) is 2.38. The number of anilines is 1. The molecule has 2 aromatic heterocycles. The van der Waals surface area contributed by atoms with Crippen LogP contribution in [-0.2, 0) is 6.54 Å². The number of aryl methyl sites for hydroxylation is 1. The molecule has 3 aromatic rings. The van der Waals surface area contributed by atoms with Crippen LogP contribution in [0.15, 0.2) is 24.3 Å². The van der Waals surface area contributed by atoms with E-state index in [-0.39, 0.29) is 0 Å². The van der Waals surface area contributed by atoms with E-state index in [0.29, 0.717) is 12.4 Å². The van der Waals surface area contributed by atoms with Crippen LogP contribution >= 0.6 is 0 Å². The molecule has 0 bridgehead atoms. The summed E-state index contributed by atoms with van der Waals surface area (Å²) in [5.74, 6) is 1.32. The van der Waals surface area contributed by atoms with E-state index < -0.39 is 0 Å². The number of fused-ring (bicyclic) bond motifs is 1. The van der Waals surface area contributed by atoms with Gasteiger partial charge in [0.2, 0.25) is 0 Å². The van der Waals surface area contributed by atoms with Crippen LogP contribution in [-0.4, -0.2) is 30.6 Å². The molecule has 7 heteroatoms. The highest BCUT2D eigenvalue weighted by Crippen LogP contribution is 2.15. The number of H-pyrrole nitrogens is 1. The lowest BCUT2D eigenvalue weighted by Crippen LogP contribution is -2.06. The Balaban J connectivity index is 1.89. The van der Waals surface area contributed by atoms with Gasteiger partial charge in [-0.3, -0.25) is 0 Å². The molecule has 0 atom stereocenters. The van der Waals surface area contributed by atoms with E-state index in [2.05, 4.69) is 35.9 Å². The van der Waals surface area contributed by atoms with E-state index in [1.807, 2.05) is 31.2 Å². The smallest absolute Gasteiger partial charge is 0.193 e. The number of nitrogens with zero attached hydrogens (tertiary/aromatic N) is 5. The molecule has 3 rings (SSSR count). The van der Waals surface area contributed by atoms with Gasteiger partial charge in [0.1, 0.15) is 5.82 Å². The molecule has 18 heavy (non-hydrogen) atoms. The average Bonchev–Trinajstić information content (AvgIpc) is 2.89. The summed E-state index contributed by atoms with van der Waals surface area (Å²) in [6, 6.07) is 7.76. The van der Waals surface area contributed by atoms with Crippen molar-refractivity contribution in [3.8, 4) is 0 Å². The van der Waals surface area contributed by atoms with Crippen LogP contribution in [0.4, 0.5) is 5.82 Å². The van der Waals surface area contributed by atoms with Gasteiger partial charge < -0.3 is 5.32 Å². The van der Waals surface area contributed by atoms with E-state index in [4.69, 9.17) is 0 Å². The summed E-state index contributed by atoms with van der Waals surface area (Å²) in [4.78, 5) is 9.00. The minimum Gasteiger partial charge on any atom is -0.361 e. The molecule has 0 spiro atoms. The van der Waals surface area contributed by atoms with E-state index in [1.54, 1.807) is 0 Å². The largest absolute Gasteiger partial charge is 0.361 e. The summed E-state index contributed by atoms with van der Waals surface area (Å²) in [7, 11) is 0. The van der Waals surface area contributed by atoms with Crippen molar-refractivity contribution in [1.82, 2.24) is 30.6 Å². The van der Waals surface area contributed by atoms with Gasteiger partial charge in [0.05, 0.1) is 23.3 Å². The molecule has 1 aromatic carbocycles. The third kappa shape index (κ3) is 1.97. The standard InChI is InChI=1S/C11H11N7/c1-7-11(12-6-10-15-17-18-16-10)14-9-5-3-2-4-8(9)13-7/h2-5H,6H2,1H3,(H,12,14)(H,15,16,17,18). The maximum absolute atomic E-state index is 4.51. The second kappa shape index (κ2) is 4.36. The van der Waals surface area contributed by atoms with Gasteiger partial charge in [0.15, 0.2) is 5.82 Å². The van der Waals surface area contributed by atoms with Crippen LogP contribution in [0.2, 0.25) is 0 Å². The van der Waals surface area contributed by atoms with Crippen molar-refractivity contribution in [3.63, 3.8) is 0 Å². The zero-order valence-corrected chi connectivity index (χ0v) is 9.75. The van der Waals surface area contributed by atoms with Crippen LogP contribution in [0.3, 0.4) is 0 Å². The van der Waals surface area contributed by atoms with Gasteiger partial charge >= 0.3 is 0 Å². The summed E-state index contributed by atoms with van der Waals surface area (Å²) < 4.78 is 0. The Kier molecular flexibility index (Phi) is 2.56. The van der Waals surface area contributed by atoms with Gasteiger partial charge in [0.25, 0.3) is 0 Å². The molecule has 0 aliphatic carbocycles. The molecule has 0 fully saturated rings. The maximum atomic E-state index is 4.51. The molecular formula is C11H11N7. The minimum atomic E-state index is 0.463. The highest BCUT2D eigenvalue weighted by Gasteiger charge is 2.05. The number of tetrazole rings is 1. The van der Waals surface area contributed by atoms with Gasteiger partial charge in [-0.2, -0.15) is 5.21 Å². The number of aromatic amines is 1.